The van der Waals surface area contributed by atoms with Crippen LogP contribution in [0.15, 0.2) is 48.5 Å². The number of halogens is 1. The monoisotopic (exact) mass is 388 g/mol. The van der Waals surface area contributed by atoms with Gasteiger partial charge in [-0.15, -0.1) is 0 Å². The van der Waals surface area contributed by atoms with Crippen LogP contribution in [-0.4, -0.2) is 36.0 Å². The van der Waals surface area contributed by atoms with Crippen molar-refractivity contribution in [2.75, 3.05) is 25.5 Å². The van der Waals surface area contributed by atoms with Crippen LogP contribution < -0.4 is 10.1 Å². The van der Waals surface area contributed by atoms with Crippen LogP contribution in [0.4, 0.5) is 5.69 Å². The molecule has 1 aliphatic heterocycles. The zero-order valence-electron chi connectivity index (χ0n) is 14.6. The molecule has 0 atom stereocenters. The van der Waals surface area contributed by atoms with E-state index >= 15 is 0 Å². The van der Waals surface area contributed by atoms with Crippen LogP contribution in [0.3, 0.4) is 0 Å². The molecular formula is C20H21ClN2O2S. The Balaban J connectivity index is 1.55. The highest BCUT2D eigenvalue weighted by atomic mass is 35.5. The van der Waals surface area contributed by atoms with Gasteiger partial charge in [0.15, 0.2) is 10.9 Å². The molecule has 0 unspecified atom stereocenters. The number of carbonyl (C=O) groups excluding carboxylic acids is 1. The lowest BCUT2D eigenvalue weighted by molar-refractivity contribution is 0.0873. The van der Waals surface area contributed by atoms with E-state index in [1.807, 2.05) is 24.3 Å². The maximum atomic E-state index is 12.6. The molecule has 0 bridgehead atoms. The molecule has 2 aromatic rings. The van der Waals surface area contributed by atoms with Crippen molar-refractivity contribution in [2.45, 2.75) is 12.8 Å². The van der Waals surface area contributed by atoms with E-state index < -0.39 is 0 Å². The van der Waals surface area contributed by atoms with Crippen molar-refractivity contribution in [3.63, 3.8) is 0 Å². The molecule has 0 saturated carbocycles. The fourth-order valence-corrected chi connectivity index (χ4v) is 3.52. The van der Waals surface area contributed by atoms with E-state index in [9.17, 15) is 4.79 Å². The van der Waals surface area contributed by atoms with Crippen LogP contribution in [-0.2, 0) is 0 Å². The third-order valence-electron chi connectivity index (χ3n) is 4.60. The number of likely N-dealkylation sites (tertiary alicyclic amines) is 1. The first-order valence-electron chi connectivity index (χ1n) is 8.56. The summed E-state index contributed by atoms with van der Waals surface area (Å²) in [7, 11) is 1.64. The minimum atomic E-state index is 0.0343. The molecule has 136 valence electrons. The van der Waals surface area contributed by atoms with E-state index in [0.29, 0.717) is 10.1 Å². The van der Waals surface area contributed by atoms with Crippen molar-refractivity contribution in [3.05, 3.63) is 59.1 Å². The smallest absolute Gasteiger partial charge is 0.173 e. The topological polar surface area (TPSA) is 41.6 Å². The van der Waals surface area contributed by atoms with Crippen LogP contribution in [0, 0.1) is 5.92 Å². The van der Waals surface area contributed by atoms with Crippen LogP contribution in [0.5, 0.6) is 5.75 Å². The summed E-state index contributed by atoms with van der Waals surface area (Å²) in [5.41, 5.74) is 1.62. The second-order valence-corrected chi connectivity index (χ2v) is 7.12. The molecular weight excluding hydrogens is 368 g/mol. The Hall–Kier alpha value is -2.11. The van der Waals surface area contributed by atoms with Gasteiger partial charge in [-0.2, -0.15) is 0 Å². The first-order chi connectivity index (χ1) is 12.6. The number of thiocarbonyl (C=S) groups is 1. The maximum absolute atomic E-state index is 12.6. The molecule has 1 aliphatic rings. The highest BCUT2D eigenvalue weighted by Crippen LogP contribution is 2.24. The fourth-order valence-electron chi connectivity index (χ4n) is 3.10. The van der Waals surface area contributed by atoms with Gasteiger partial charge >= 0.3 is 0 Å². The number of hydrogen-bond acceptors (Lipinski definition) is 3. The molecule has 0 aliphatic carbocycles. The molecule has 3 rings (SSSR count). The normalized spacial score (nSPS) is 14.8. The molecule has 1 fully saturated rings. The van der Waals surface area contributed by atoms with Gasteiger partial charge in [0.25, 0.3) is 0 Å². The number of nitrogens with zero attached hydrogens (tertiary/aromatic N) is 1. The fraction of sp³-hybridized carbons (Fsp3) is 0.300. The average molecular weight is 389 g/mol. The predicted molar refractivity (Wildman–Crippen MR) is 109 cm³/mol. The van der Waals surface area contributed by atoms with Gasteiger partial charge in [0.05, 0.1) is 7.11 Å². The van der Waals surface area contributed by atoms with E-state index in [4.69, 9.17) is 28.6 Å². The van der Waals surface area contributed by atoms with Crippen LogP contribution >= 0.6 is 23.8 Å². The zero-order chi connectivity index (χ0) is 18.5. The molecule has 6 heteroatoms. The number of Topliss-reactive ketones (excluding diaryl/α,β-unsaturated/α-hetero) is 1. The Morgan fingerprint density at radius 1 is 1.19 bits per heavy atom. The molecule has 0 aromatic heterocycles. The lowest BCUT2D eigenvalue weighted by Crippen LogP contribution is -2.42. The Labute approximate surface area is 164 Å². The second kappa shape index (κ2) is 8.52. The Kier molecular flexibility index (Phi) is 6.12. The lowest BCUT2D eigenvalue weighted by atomic mass is 9.89. The summed E-state index contributed by atoms with van der Waals surface area (Å²) < 4.78 is 5.23. The average Bonchev–Trinajstić information content (AvgIpc) is 2.68. The van der Waals surface area contributed by atoms with E-state index in [1.165, 1.54) is 0 Å². The maximum Gasteiger partial charge on any atom is 0.173 e. The quantitative estimate of drug-likeness (QED) is 0.610. The summed E-state index contributed by atoms with van der Waals surface area (Å²) in [4.78, 5) is 14.7. The van der Waals surface area contributed by atoms with Crippen molar-refractivity contribution in [2.24, 2.45) is 5.92 Å². The molecule has 26 heavy (non-hydrogen) atoms. The molecule has 0 amide bonds. The number of benzene rings is 2. The summed E-state index contributed by atoms with van der Waals surface area (Å²) in [6.07, 6.45) is 1.59. The highest BCUT2D eigenvalue weighted by Gasteiger charge is 2.26. The number of piperidine rings is 1. The number of anilines is 1. The first-order valence-corrected chi connectivity index (χ1v) is 9.35. The van der Waals surface area contributed by atoms with E-state index in [2.05, 4.69) is 10.2 Å². The standard InChI is InChI=1S/C20H21ClN2O2S/c1-25-18-4-2-3-17(13-18)22-20(26)23-11-9-15(10-12-23)19(24)14-5-7-16(21)8-6-14/h2-8,13,15H,9-12H2,1H3,(H,22,26). The number of ketones is 1. The molecule has 1 N–H and O–H groups in total. The lowest BCUT2D eigenvalue weighted by Gasteiger charge is -2.33. The van der Waals surface area contributed by atoms with Crippen molar-refractivity contribution in [1.82, 2.24) is 4.90 Å². The van der Waals surface area contributed by atoms with Gasteiger partial charge in [0.2, 0.25) is 0 Å². The second-order valence-electron chi connectivity index (χ2n) is 6.29. The molecule has 4 nitrogen and oxygen atoms in total. The summed E-state index contributed by atoms with van der Waals surface area (Å²) in [6.45, 7) is 1.53. The first kappa shape index (κ1) is 18.7. The molecule has 0 radical (unpaired) electrons. The summed E-state index contributed by atoms with van der Waals surface area (Å²) in [6, 6.07) is 14.8. The number of rotatable bonds is 4. The number of hydrogen-bond donors (Lipinski definition) is 1. The largest absolute Gasteiger partial charge is 0.497 e. The Morgan fingerprint density at radius 2 is 1.88 bits per heavy atom. The van der Waals surface area contributed by atoms with Crippen LogP contribution in [0.25, 0.3) is 0 Å². The zero-order valence-corrected chi connectivity index (χ0v) is 16.1. The van der Waals surface area contributed by atoms with Gasteiger partial charge in [-0.25, -0.2) is 0 Å². The third-order valence-corrected chi connectivity index (χ3v) is 5.21. The SMILES string of the molecule is COc1cccc(NC(=S)N2CCC(C(=O)c3ccc(Cl)cc3)CC2)c1. The summed E-state index contributed by atoms with van der Waals surface area (Å²) >= 11 is 11.4. The minimum Gasteiger partial charge on any atom is -0.497 e. The van der Waals surface area contributed by atoms with Crippen LogP contribution in [0.2, 0.25) is 5.02 Å². The summed E-state index contributed by atoms with van der Waals surface area (Å²) in [5.74, 6) is 1.00. The molecule has 1 saturated heterocycles. The molecule has 1 heterocycles. The van der Waals surface area contributed by atoms with E-state index in [1.54, 1.807) is 31.4 Å². The van der Waals surface area contributed by atoms with Gasteiger partial charge in [-0.05, 0) is 61.5 Å². The van der Waals surface area contributed by atoms with Gasteiger partial charge < -0.3 is 15.0 Å². The van der Waals surface area contributed by atoms with E-state index in [0.717, 1.165) is 42.9 Å². The van der Waals surface area contributed by atoms with Crippen molar-refractivity contribution in [3.8, 4) is 5.75 Å². The highest BCUT2D eigenvalue weighted by molar-refractivity contribution is 7.80. The number of carbonyl (C=O) groups is 1. The summed E-state index contributed by atoms with van der Waals surface area (Å²) in [5, 5.41) is 4.57. The van der Waals surface area contributed by atoms with Gasteiger partial charge in [-0.3, -0.25) is 4.79 Å². The van der Waals surface area contributed by atoms with Gasteiger partial charge in [0.1, 0.15) is 5.75 Å². The van der Waals surface area contributed by atoms with Crippen molar-refractivity contribution >= 4 is 40.4 Å². The third kappa shape index (κ3) is 4.54. The Morgan fingerprint density at radius 3 is 2.54 bits per heavy atom. The van der Waals surface area contributed by atoms with Crippen LogP contribution in [0.1, 0.15) is 23.2 Å². The molecule has 0 spiro atoms. The minimum absolute atomic E-state index is 0.0343. The van der Waals surface area contributed by atoms with Gasteiger partial charge in [0, 0.05) is 41.3 Å². The van der Waals surface area contributed by atoms with Gasteiger partial charge in [-0.1, -0.05) is 17.7 Å². The van der Waals surface area contributed by atoms with Crippen molar-refractivity contribution in [1.29, 1.82) is 0 Å². The van der Waals surface area contributed by atoms with E-state index in [-0.39, 0.29) is 11.7 Å². The van der Waals surface area contributed by atoms with Crippen molar-refractivity contribution < 1.29 is 9.53 Å². The number of ether oxygens (including phenoxy) is 1. The number of nitrogens with one attached hydrogen (secondary N) is 1. The Bertz CT molecular complexity index is 787. The predicted octanol–water partition coefficient (Wildman–Crippen LogP) is 4.64. The molecule has 2 aromatic carbocycles. The number of methoxy groups -OCH3 is 1.